The minimum atomic E-state index is -0.796. The van der Waals surface area contributed by atoms with Crippen molar-refractivity contribution >= 4 is 12.0 Å². The molecule has 0 aromatic rings. The first-order valence-corrected chi connectivity index (χ1v) is 7.37. The zero-order valence-corrected chi connectivity index (χ0v) is 11.6. The number of hydrogen-bond acceptors (Lipinski definition) is 2. The molecule has 1 heterocycles. The molecule has 0 radical (unpaired) electrons. The van der Waals surface area contributed by atoms with E-state index >= 15 is 0 Å². The van der Waals surface area contributed by atoms with Crippen molar-refractivity contribution < 1.29 is 14.7 Å². The summed E-state index contributed by atoms with van der Waals surface area (Å²) in [6.45, 7) is 3.11. The molecule has 0 aromatic heterocycles. The van der Waals surface area contributed by atoms with Crippen LogP contribution in [-0.2, 0) is 4.79 Å². The SMILES string of the molecule is CC1C(C(=O)O)CCN1C(=O)NCC1CCCCC1. The highest BCUT2D eigenvalue weighted by molar-refractivity contribution is 5.78. The zero-order valence-electron chi connectivity index (χ0n) is 11.6. The highest BCUT2D eigenvalue weighted by Gasteiger charge is 2.38. The van der Waals surface area contributed by atoms with Crippen molar-refractivity contribution in [2.45, 2.75) is 51.5 Å². The lowest BCUT2D eigenvalue weighted by Crippen LogP contribution is -2.45. The number of aliphatic carboxylic acids is 1. The van der Waals surface area contributed by atoms with Gasteiger partial charge in [-0.05, 0) is 32.1 Å². The van der Waals surface area contributed by atoms with Gasteiger partial charge in [-0.1, -0.05) is 19.3 Å². The number of likely N-dealkylation sites (tertiary alicyclic amines) is 1. The zero-order chi connectivity index (χ0) is 13.8. The summed E-state index contributed by atoms with van der Waals surface area (Å²) in [4.78, 5) is 24.8. The van der Waals surface area contributed by atoms with E-state index in [1.165, 1.54) is 32.1 Å². The second-order valence-corrected chi connectivity index (χ2v) is 5.86. The summed E-state index contributed by atoms with van der Waals surface area (Å²) >= 11 is 0. The van der Waals surface area contributed by atoms with Gasteiger partial charge in [-0.15, -0.1) is 0 Å². The average molecular weight is 268 g/mol. The van der Waals surface area contributed by atoms with Crippen LogP contribution in [0.3, 0.4) is 0 Å². The molecule has 0 bridgehead atoms. The molecule has 0 spiro atoms. The fourth-order valence-electron chi connectivity index (χ4n) is 3.28. The van der Waals surface area contributed by atoms with E-state index in [0.717, 1.165) is 6.54 Å². The lowest BCUT2D eigenvalue weighted by atomic mass is 9.89. The Balaban J connectivity index is 1.78. The molecule has 2 fully saturated rings. The van der Waals surface area contributed by atoms with Crippen molar-refractivity contribution in [3.8, 4) is 0 Å². The van der Waals surface area contributed by atoms with Crippen molar-refractivity contribution in [2.75, 3.05) is 13.1 Å². The fourth-order valence-corrected chi connectivity index (χ4v) is 3.28. The van der Waals surface area contributed by atoms with Gasteiger partial charge in [-0.3, -0.25) is 4.79 Å². The highest BCUT2D eigenvalue weighted by Crippen LogP contribution is 2.25. The summed E-state index contributed by atoms with van der Waals surface area (Å²) in [6.07, 6.45) is 6.81. The van der Waals surface area contributed by atoms with E-state index in [1.54, 1.807) is 4.90 Å². The van der Waals surface area contributed by atoms with Gasteiger partial charge in [0.15, 0.2) is 0 Å². The first-order valence-electron chi connectivity index (χ1n) is 7.37. The van der Waals surface area contributed by atoms with Crippen LogP contribution < -0.4 is 5.32 Å². The van der Waals surface area contributed by atoms with Gasteiger partial charge in [0.05, 0.1) is 5.92 Å². The van der Waals surface area contributed by atoms with Crippen molar-refractivity contribution in [1.82, 2.24) is 10.2 Å². The summed E-state index contributed by atoms with van der Waals surface area (Å²) < 4.78 is 0. The Bertz CT molecular complexity index is 340. The maximum absolute atomic E-state index is 12.1. The molecule has 1 saturated heterocycles. The maximum Gasteiger partial charge on any atom is 0.317 e. The first-order chi connectivity index (χ1) is 9.09. The summed E-state index contributed by atoms with van der Waals surface area (Å²) in [5.41, 5.74) is 0. The van der Waals surface area contributed by atoms with Crippen LogP contribution in [0.15, 0.2) is 0 Å². The van der Waals surface area contributed by atoms with E-state index in [4.69, 9.17) is 5.11 Å². The number of nitrogens with one attached hydrogen (secondary N) is 1. The molecule has 19 heavy (non-hydrogen) atoms. The topological polar surface area (TPSA) is 69.6 Å². The van der Waals surface area contributed by atoms with Crippen LogP contribution >= 0.6 is 0 Å². The molecule has 5 heteroatoms. The molecular weight excluding hydrogens is 244 g/mol. The molecule has 0 aromatic carbocycles. The Kier molecular flexibility index (Phi) is 4.66. The normalized spacial score (nSPS) is 28.4. The summed E-state index contributed by atoms with van der Waals surface area (Å²) in [7, 11) is 0. The molecule has 5 nitrogen and oxygen atoms in total. The van der Waals surface area contributed by atoms with Crippen LogP contribution in [-0.4, -0.2) is 41.1 Å². The van der Waals surface area contributed by atoms with Gasteiger partial charge in [0.1, 0.15) is 0 Å². The monoisotopic (exact) mass is 268 g/mol. The van der Waals surface area contributed by atoms with E-state index in [9.17, 15) is 9.59 Å². The second kappa shape index (κ2) is 6.26. The predicted molar refractivity (Wildman–Crippen MR) is 71.9 cm³/mol. The number of hydrogen-bond donors (Lipinski definition) is 2. The highest BCUT2D eigenvalue weighted by atomic mass is 16.4. The Labute approximate surface area is 114 Å². The summed E-state index contributed by atoms with van der Waals surface area (Å²) in [6, 6.07) is -0.300. The van der Waals surface area contributed by atoms with Crippen LogP contribution in [0.1, 0.15) is 45.4 Å². The van der Waals surface area contributed by atoms with E-state index in [0.29, 0.717) is 18.9 Å². The van der Waals surface area contributed by atoms with Gasteiger partial charge < -0.3 is 15.3 Å². The molecule has 2 amide bonds. The number of urea groups is 1. The Morgan fingerprint density at radius 1 is 1.21 bits per heavy atom. The second-order valence-electron chi connectivity index (χ2n) is 5.86. The molecule has 2 unspecified atom stereocenters. The number of carbonyl (C=O) groups is 2. The van der Waals surface area contributed by atoms with Crippen LogP contribution in [0.4, 0.5) is 4.79 Å². The molecule has 2 rings (SSSR count). The number of amides is 2. The third-order valence-corrected chi connectivity index (χ3v) is 4.60. The third kappa shape index (κ3) is 3.39. The number of carbonyl (C=O) groups excluding carboxylic acids is 1. The minimum Gasteiger partial charge on any atom is -0.481 e. The van der Waals surface area contributed by atoms with Crippen molar-refractivity contribution in [3.05, 3.63) is 0 Å². The Morgan fingerprint density at radius 2 is 1.89 bits per heavy atom. The predicted octanol–water partition coefficient (Wildman–Crippen LogP) is 2.07. The quantitative estimate of drug-likeness (QED) is 0.823. The lowest BCUT2D eigenvalue weighted by Gasteiger charge is -2.26. The number of carboxylic acid groups (broad SMARTS) is 1. The Morgan fingerprint density at radius 3 is 2.47 bits per heavy atom. The fraction of sp³-hybridized carbons (Fsp3) is 0.857. The molecule has 1 aliphatic carbocycles. The molecule has 2 aliphatic rings. The van der Waals surface area contributed by atoms with E-state index in [2.05, 4.69) is 5.32 Å². The van der Waals surface area contributed by atoms with Crippen LogP contribution in [0.5, 0.6) is 0 Å². The molecule has 1 aliphatic heterocycles. The standard InChI is InChI=1S/C14H24N2O3/c1-10-12(13(17)18)7-8-16(10)14(19)15-9-11-5-3-2-4-6-11/h10-12H,2-9H2,1H3,(H,15,19)(H,17,18). The van der Waals surface area contributed by atoms with Crippen molar-refractivity contribution in [2.24, 2.45) is 11.8 Å². The van der Waals surface area contributed by atoms with Gasteiger partial charge >= 0.3 is 12.0 Å². The first kappa shape index (κ1) is 14.2. The van der Waals surface area contributed by atoms with Crippen molar-refractivity contribution in [3.63, 3.8) is 0 Å². The molecule has 108 valence electrons. The number of nitrogens with zero attached hydrogens (tertiary/aromatic N) is 1. The van der Waals surface area contributed by atoms with E-state index < -0.39 is 11.9 Å². The summed E-state index contributed by atoms with van der Waals surface area (Å²) in [5, 5.41) is 12.0. The van der Waals surface area contributed by atoms with E-state index in [1.807, 2.05) is 6.92 Å². The van der Waals surface area contributed by atoms with Crippen LogP contribution in [0.2, 0.25) is 0 Å². The van der Waals surface area contributed by atoms with Crippen LogP contribution in [0, 0.1) is 11.8 Å². The summed E-state index contributed by atoms with van der Waals surface area (Å²) in [5.74, 6) is -0.610. The largest absolute Gasteiger partial charge is 0.481 e. The average Bonchev–Trinajstić information content (AvgIpc) is 2.79. The lowest BCUT2D eigenvalue weighted by molar-refractivity contribution is -0.142. The minimum absolute atomic E-state index is 0.0955. The van der Waals surface area contributed by atoms with Gasteiger partial charge in [0.2, 0.25) is 0 Å². The van der Waals surface area contributed by atoms with Crippen molar-refractivity contribution in [1.29, 1.82) is 0 Å². The number of carboxylic acids is 1. The third-order valence-electron chi connectivity index (χ3n) is 4.60. The van der Waals surface area contributed by atoms with Gasteiger partial charge in [0, 0.05) is 19.1 Å². The van der Waals surface area contributed by atoms with E-state index in [-0.39, 0.29) is 12.1 Å². The Hall–Kier alpha value is -1.26. The van der Waals surface area contributed by atoms with Gasteiger partial charge in [0.25, 0.3) is 0 Å². The van der Waals surface area contributed by atoms with Gasteiger partial charge in [-0.25, -0.2) is 4.79 Å². The molecule has 2 atom stereocenters. The molecule has 2 N–H and O–H groups in total. The smallest absolute Gasteiger partial charge is 0.317 e. The molecule has 1 saturated carbocycles. The van der Waals surface area contributed by atoms with Crippen LogP contribution in [0.25, 0.3) is 0 Å². The molecular formula is C14H24N2O3. The number of rotatable bonds is 3. The maximum atomic E-state index is 12.1. The van der Waals surface area contributed by atoms with Gasteiger partial charge in [-0.2, -0.15) is 0 Å².